The zero-order chi connectivity index (χ0) is 14.7. The van der Waals surface area contributed by atoms with Gasteiger partial charge in [0.15, 0.2) is 0 Å². The van der Waals surface area contributed by atoms with E-state index in [9.17, 15) is 4.21 Å². The lowest BCUT2D eigenvalue weighted by Gasteiger charge is -2.24. The Morgan fingerprint density at radius 1 is 1.00 bits per heavy atom. The van der Waals surface area contributed by atoms with Gasteiger partial charge < -0.3 is 5.32 Å². The highest BCUT2D eigenvalue weighted by molar-refractivity contribution is 7.85. The molecule has 2 aromatic carbocycles. The Morgan fingerprint density at radius 3 is 2.57 bits per heavy atom. The molecule has 21 heavy (non-hydrogen) atoms. The van der Waals surface area contributed by atoms with Crippen LogP contribution in [0.2, 0.25) is 0 Å². The van der Waals surface area contributed by atoms with E-state index in [1.165, 1.54) is 30.0 Å². The van der Waals surface area contributed by atoms with Crippen LogP contribution in [0, 0.1) is 0 Å². The van der Waals surface area contributed by atoms with Crippen LogP contribution in [-0.4, -0.2) is 22.5 Å². The van der Waals surface area contributed by atoms with E-state index in [2.05, 4.69) is 29.6 Å². The van der Waals surface area contributed by atoms with Crippen LogP contribution >= 0.6 is 0 Å². The maximum absolute atomic E-state index is 13.0. The summed E-state index contributed by atoms with van der Waals surface area (Å²) in [5.74, 6) is 0. The molecule has 1 fully saturated rings. The van der Waals surface area contributed by atoms with Crippen LogP contribution in [0.15, 0.2) is 47.4 Å². The Kier molecular flexibility index (Phi) is 4.71. The molecule has 3 atom stereocenters. The van der Waals surface area contributed by atoms with Crippen LogP contribution in [0.5, 0.6) is 0 Å². The molecule has 0 bridgehead atoms. The monoisotopic (exact) mass is 301 g/mol. The van der Waals surface area contributed by atoms with E-state index in [-0.39, 0.29) is 5.25 Å². The van der Waals surface area contributed by atoms with E-state index in [1.807, 2.05) is 25.2 Å². The van der Waals surface area contributed by atoms with Gasteiger partial charge in [-0.3, -0.25) is 4.21 Å². The average Bonchev–Trinajstić information content (AvgIpc) is 2.79. The molecule has 2 aromatic rings. The molecule has 0 radical (unpaired) electrons. The van der Waals surface area contributed by atoms with Crippen LogP contribution in [0.3, 0.4) is 0 Å². The molecule has 2 nitrogen and oxygen atoms in total. The lowest BCUT2D eigenvalue weighted by molar-refractivity contribution is 0.500. The number of benzene rings is 2. The van der Waals surface area contributed by atoms with Crippen LogP contribution in [-0.2, 0) is 10.8 Å². The predicted octanol–water partition coefficient (Wildman–Crippen LogP) is 3.87. The van der Waals surface area contributed by atoms with E-state index in [0.717, 1.165) is 17.7 Å². The van der Waals surface area contributed by atoms with Crippen molar-refractivity contribution in [2.45, 2.75) is 48.3 Å². The maximum Gasteiger partial charge on any atom is 0.0576 e. The average molecular weight is 301 g/mol. The van der Waals surface area contributed by atoms with Crippen molar-refractivity contribution in [1.29, 1.82) is 0 Å². The zero-order valence-corrected chi connectivity index (χ0v) is 13.4. The van der Waals surface area contributed by atoms with Gasteiger partial charge in [-0.05, 0) is 42.8 Å². The minimum Gasteiger partial charge on any atom is -0.316 e. The summed E-state index contributed by atoms with van der Waals surface area (Å²) >= 11 is 0. The quantitative estimate of drug-likeness (QED) is 0.872. The summed E-state index contributed by atoms with van der Waals surface area (Å²) in [7, 11) is 1.07. The van der Waals surface area contributed by atoms with Gasteiger partial charge in [0.25, 0.3) is 0 Å². The van der Waals surface area contributed by atoms with Crippen LogP contribution in [0.1, 0.15) is 32.1 Å². The molecular formula is C18H23NOS. The van der Waals surface area contributed by atoms with Crippen molar-refractivity contribution in [3.8, 4) is 0 Å². The van der Waals surface area contributed by atoms with Crippen molar-refractivity contribution >= 4 is 21.6 Å². The van der Waals surface area contributed by atoms with E-state index in [0.29, 0.717) is 6.04 Å². The van der Waals surface area contributed by atoms with Crippen molar-refractivity contribution in [3.63, 3.8) is 0 Å². The van der Waals surface area contributed by atoms with Crippen LogP contribution < -0.4 is 5.32 Å². The molecule has 0 saturated heterocycles. The largest absolute Gasteiger partial charge is 0.316 e. The van der Waals surface area contributed by atoms with Gasteiger partial charge in [0, 0.05) is 10.9 Å². The molecule has 1 N–H and O–H groups in total. The fourth-order valence-electron chi connectivity index (χ4n) is 3.33. The number of hydrogen-bond acceptors (Lipinski definition) is 2. The molecule has 1 saturated carbocycles. The second kappa shape index (κ2) is 6.71. The first-order valence-electron chi connectivity index (χ1n) is 7.86. The van der Waals surface area contributed by atoms with Gasteiger partial charge >= 0.3 is 0 Å². The molecule has 0 amide bonds. The summed E-state index contributed by atoms with van der Waals surface area (Å²) in [4.78, 5) is 0.973. The van der Waals surface area contributed by atoms with Crippen molar-refractivity contribution in [3.05, 3.63) is 42.5 Å². The summed E-state index contributed by atoms with van der Waals surface area (Å²) in [6.45, 7) is 0. The van der Waals surface area contributed by atoms with Crippen molar-refractivity contribution in [2.24, 2.45) is 0 Å². The van der Waals surface area contributed by atoms with Gasteiger partial charge in [-0.15, -0.1) is 0 Å². The molecule has 0 aliphatic heterocycles. The first kappa shape index (κ1) is 14.7. The minimum absolute atomic E-state index is 0.235. The van der Waals surface area contributed by atoms with E-state index in [4.69, 9.17) is 0 Å². The molecule has 112 valence electrons. The minimum atomic E-state index is -0.929. The Bertz CT molecular complexity index is 640. The summed E-state index contributed by atoms with van der Waals surface area (Å²) < 4.78 is 13.0. The summed E-state index contributed by atoms with van der Waals surface area (Å²) in [6, 6.07) is 14.9. The van der Waals surface area contributed by atoms with Crippen molar-refractivity contribution in [2.75, 3.05) is 7.05 Å². The van der Waals surface area contributed by atoms with Gasteiger partial charge in [-0.2, -0.15) is 0 Å². The number of hydrogen-bond donors (Lipinski definition) is 1. The third kappa shape index (κ3) is 3.19. The number of nitrogens with one attached hydrogen (secondary N) is 1. The second-order valence-corrected chi connectivity index (χ2v) is 7.55. The Morgan fingerprint density at radius 2 is 1.76 bits per heavy atom. The van der Waals surface area contributed by atoms with Gasteiger partial charge in [0.05, 0.1) is 16.0 Å². The van der Waals surface area contributed by atoms with Crippen LogP contribution in [0.25, 0.3) is 10.8 Å². The number of fused-ring (bicyclic) bond motifs is 1. The molecule has 3 unspecified atom stereocenters. The van der Waals surface area contributed by atoms with Crippen molar-refractivity contribution in [1.82, 2.24) is 5.32 Å². The highest BCUT2D eigenvalue weighted by Gasteiger charge is 2.28. The highest BCUT2D eigenvalue weighted by atomic mass is 32.2. The Balaban J connectivity index is 1.90. The number of rotatable bonds is 3. The summed E-state index contributed by atoms with van der Waals surface area (Å²) in [5, 5.41) is 6.01. The molecule has 0 heterocycles. The smallest absolute Gasteiger partial charge is 0.0576 e. The van der Waals surface area contributed by atoms with E-state index < -0.39 is 10.8 Å². The van der Waals surface area contributed by atoms with Gasteiger partial charge in [0.2, 0.25) is 0 Å². The first-order chi connectivity index (χ1) is 10.3. The molecular weight excluding hydrogens is 278 g/mol. The van der Waals surface area contributed by atoms with Crippen molar-refractivity contribution < 1.29 is 4.21 Å². The molecule has 3 rings (SSSR count). The third-order valence-electron chi connectivity index (χ3n) is 4.55. The molecule has 0 aromatic heterocycles. The SMILES string of the molecule is CNC1CCCCCC1S(=O)c1ccc2ccccc2c1. The Labute approximate surface area is 129 Å². The van der Waals surface area contributed by atoms with E-state index >= 15 is 0 Å². The van der Waals surface area contributed by atoms with Gasteiger partial charge in [-0.1, -0.05) is 49.6 Å². The highest BCUT2D eigenvalue weighted by Crippen LogP contribution is 2.27. The fraction of sp³-hybridized carbons (Fsp3) is 0.444. The third-order valence-corrected chi connectivity index (χ3v) is 6.38. The normalized spacial score (nSPS) is 24.6. The maximum atomic E-state index is 13.0. The Hall–Kier alpha value is -1.19. The zero-order valence-electron chi connectivity index (χ0n) is 12.5. The first-order valence-corrected chi connectivity index (χ1v) is 9.07. The van der Waals surface area contributed by atoms with Gasteiger partial charge in [-0.25, -0.2) is 0 Å². The predicted molar refractivity (Wildman–Crippen MR) is 90.1 cm³/mol. The lowest BCUT2D eigenvalue weighted by Crippen LogP contribution is -2.39. The fourth-order valence-corrected chi connectivity index (χ4v) is 5.07. The van der Waals surface area contributed by atoms with Gasteiger partial charge in [0.1, 0.15) is 0 Å². The molecule has 1 aliphatic rings. The molecule has 3 heteroatoms. The topological polar surface area (TPSA) is 29.1 Å². The lowest BCUT2D eigenvalue weighted by atomic mass is 10.1. The summed E-state index contributed by atoms with van der Waals surface area (Å²) in [5.41, 5.74) is 0. The molecule has 0 spiro atoms. The van der Waals surface area contributed by atoms with Crippen LogP contribution in [0.4, 0.5) is 0 Å². The second-order valence-electron chi connectivity index (χ2n) is 5.88. The molecule has 1 aliphatic carbocycles. The van der Waals surface area contributed by atoms with E-state index in [1.54, 1.807) is 0 Å². The standard InChI is InChI=1S/C18H23NOS/c1-19-17-9-3-2-4-10-18(17)21(20)16-12-11-14-7-5-6-8-15(14)13-16/h5-8,11-13,17-19H,2-4,9-10H2,1H3. The summed E-state index contributed by atoms with van der Waals surface area (Å²) in [6.07, 6.45) is 5.91.